The Bertz CT molecular complexity index is 985. The maximum absolute atomic E-state index is 14.3. The van der Waals surface area contributed by atoms with Gasteiger partial charge in [0.25, 0.3) is 0 Å². The Kier molecular flexibility index (Phi) is 6.16. The van der Waals surface area contributed by atoms with E-state index in [2.05, 4.69) is 20.8 Å². The van der Waals surface area contributed by atoms with E-state index < -0.39 is 0 Å². The van der Waals surface area contributed by atoms with Crippen LogP contribution in [0, 0.1) is 11.7 Å². The zero-order valence-corrected chi connectivity index (χ0v) is 16.2. The van der Waals surface area contributed by atoms with Gasteiger partial charge in [0.15, 0.2) is 5.82 Å². The van der Waals surface area contributed by atoms with Crippen LogP contribution in [0.3, 0.4) is 0 Å². The van der Waals surface area contributed by atoms with Gasteiger partial charge in [-0.15, -0.1) is 12.4 Å². The Labute approximate surface area is 168 Å². The lowest BCUT2D eigenvalue weighted by atomic mass is 9.99. The van der Waals surface area contributed by atoms with Gasteiger partial charge in [0.05, 0.1) is 18.5 Å². The summed E-state index contributed by atoms with van der Waals surface area (Å²) in [6.45, 7) is 1.62. The fourth-order valence-corrected chi connectivity index (χ4v) is 3.42. The predicted octanol–water partition coefficient (Wildman–Crippen LogP) is 3.74. The van der Waals surface area contributed by atoms with E-state index in [4.69, 9.17) is 4.74 Å². The highest BCUT2D eigenvalue weighted by Crippen LogP contribution is 2.31. The molecule has 1 aromatic heterocycles. The second kappa shape index (κ2) is 8.58. The lowest BCUT2D eigenvalue weighted by molar-refractivity contribution is -0.120. The summed E-state index contributed by atoms with van der Waals surface area (Å²) in [5, 5.41) is 14.0. The second-order valence-electron chi connectivity index (χ2n) is 6.71. The van der Waals surface area contributed by atoms with Gasteiger partial charge >= 0.3 is 0 Å². The normalized spacial score (nSPS) is 16.4. The molecule has 0 saturated carbocycles. The molecule has 1 atom stereocenters. The summed E-state index contributed by atoms with van der Waals surface area (Å²) in [6, 6.07) is 10.1. The van der Waals surface area contributed by atoms with Crippen molar-refractivity contribution in [1.82, 2.24) is 15.5 Å². The standard InChI is InChI=1S/C20H21FN4O2.ClH/c1-27-14-5-6-17(21)15(10-14)12-4-7-18-16(9-12)19(25-24-18)23-20(26)13-3-2-8-22-11-13;/h4-7,9-10,13,22H,2-3,8,11H2,1H3,(H2,23,24,25,26);1H/t13-;/m1./s1. The Morgan fingerprint density at radius 2 is 2.14 bits per heavy atom. The van der Waals surface area contributed by atoms with Crippen molar-refractivity contribution in [2.24, 2.45) is 5.92 Å². The third-order valence-corrected chi connectivity index (χ3v) is 4.96. The van der Waals surface area contributed by atoms with Crippen molar-refractivity contribution in [3.05, 3.63) is 42.2 Å². The van der Waals surface area contributed by atoms with Gasteiger partial charge in [-0.2, -0.15) is 5.10 Å². The van der Waals surface area contributed by atoms with Crippen molar-refractivity contribution in [2.45, 2.75) is 12.8 Å². The van der Waals surface area contributed by atoms with Crippen LogP contribution >= 0.6 is 12.4 Å². The zero-order valence-electron chi connectivity index (χ0n) is 15.4. The van der Waals surface area contributed by atoms with Gasteiger partial charge in [-0.1, -0.05) is 6.07 Å². The van der Waals surface area contributed by atoms with E-state index in [1.54, 1.807) is 19.2 Å². The molecule has 1 amide bonds. The number of benzene rings is 2. The first kappa shape index (κ1) is 20.1. The van der Waals surface area contributed by atoms with Crippen LogP contribution < -0.4 is 15.4 Å². The number of ether oxygens (including phenoxy) is 1. The number of nitrogens with zero attached hydrogens (tertiary/aromatic N) is 1. The van der Waals surface area contributed by atoms with E-state index in [-0.39, 0.29) is 30.0 Å². The van der Waals surface area contributed by atoms with Gasteiger partial charge in [-0.25, -0.2) is 4.39 Å². The van der Waals surface area contributed by atoms with Crippen LogP contribution in [0.1, 0.15) is 12.8 Å². The smallest absolute Gasteiger partial charge is 0.229 e. The highest BCUT2D eigenvalue weighted by atomic mass is 35.5. The molecule has 1 aliphatic rings. The number of H-pyrrole nitrogens is 1. The number of nitrogens with one attached hydrogen (secondary N) is 3. The number of aromatic amines is 1. The number of carbonyl (C=O) groups excluding carboxylic acids is 1. The van der Waals surface area contributed by atoms with Crippen LogP contribution in [-0.2, 0) is 4.79 Å². The molecule has 0 unspecified atom stereocenters. The number of methoxy groups -OCH3 is 1. The maximum atomic E-state index is 14.3. The van der Waals surface area contributed by atoms with Crippen molar-refractivity contribution in [1.29, 1.82) is 0 Å². The minimum absolute atomic E-state index is 0. The van der Waals surface area contributed by atoms with Crippen LogP contribution in [-0.4, -0.2) is 36.3 Å². The molecule has 4 rings (SSSR count). The van der Waals surface area contributed by atoms with E-state index in [9.17, 15) is 9.18 Å². The number of hydrogen-bond acceptors (Lipinski definition) is 4. The number of anilines is 1. The largest absolute Gasteiger partial charge is 0.497 e. The molecule has 2 aromatic carbocycles. The summed E-state index contributed by atoms with van der Waals surface area (Å²) in [5.41, 5.74) is 1.90. The Balaban J connectivity index is 0.00000225. The molecule has 1 aliphatic heterocycles. The molecular formula is C20H22ClFN4O2. The maximum Gasteiger partial charge on any atom is 0.229 e. The zero-order chi connectivity index (χ0) is 18.8. The van der Waals surface area contributed by atoms with Gasteiger partial charge < -0.3 is 15.4 Å². The molecule has 6 nitrogen and oxygen atoms in total. The summed E-state index contributed by atoms with van der Waals surface area (Å²) >= 11 is 0. The van der Waals surface area contributed by atoms with Gasteiger partial charge in [-0.3, -0.25) is 9.89 Å². The van der Waals surface area contributed by atoms with E-state index in [1.807, 2.05) is 18.2 Å². The molecule has 0 bridgehead atoms. The average molecular weight is 405 g/mol. The van der Waals surface area contributed by atoms with Crippen molar-refractivity contribution >= 4 is 35.0 Å². The van der Waals surface area contributed by atoms with Crippen molar-refractivity contribution in [3.63, 3.8) is 0 Å². The predicted molar refractivity (Wildman–Crippen MR) is 110 cm³/mol. The molecule has 1 fully saturated rings. The molecule has 0 aliphatic carbocycles. The van der Waals surface area contributed by atoms with Crippen molar-refractivity contribution < 1.29 is 13.9 Å². The third-order valence-electron chi connectivity index (χ3n) is 4.96. The molecule has 8 heteroatoms. The minimum Gasteiger partial charge on any atom is -0.497 e. The van der Waals surface area contributed by atoms with Crippen LogP contribution in [0.5, 0.6) is 5.75 Å². The van der Waals surface area contributed by atoms with E-state index in [0.29, 0.717) is 29.2 Å². The number of aromatic nitrogens is 2. The Hall–Kier alpha value is -2.64. The van der Waals surface area contributed by atoms with Gasteiger partial charge in [0.1, 0.15) is 11.6 Å². The molecule has 28 heavy (non-hydrogen) atoms. The molecule has 0 radical (unpaired) electrons. The number of piperidine rings is 1. The highest BCUT2D eigenvalue weighted by molar-refractivity contribution is 6.01. The van der Waals surface area contributed by atoms with Crippen LogP contribution in [0.2, 0.25) is 0 Å². The van der Waals surface area contributed by atoms with E-state index in [1.165, 1.54) is 6.07 Å². The quantitative estimate of drug-likeness (QED) is 0.619. The molecule has 2 heterocycles. The number of carbonyl (C=O) groups is 1. The topological polar surface area (TPSA) is 79.0 Å². The summed E-state index contributed by atoms with van der Waals surface area (Å²) in [7, 11) is 1.55. The van der Waals surface area contributed by atoms with Gasteiger partial charge in [0, 0.05) is 17.5 Å². The van der Waals surface area contributed by atoms with Gasteiger partial charge in [0.2, 0.25) is 5.91 Å². The van der Waals surface area contributed by atoms with E-state index >= 15 is 0 Å². The Morgan fingerprint density at radius 1 is 1.29 bits per heavy atom. The number of halogens is 2. The minimum atomic E-state index is -0.336. The number of hydrogen-bond donors (Lipinski definition) is 3. The number of fused-ring (bicyclic) bond motifs is 1. The van der Waals surface area contributed by atoms with Crippen LogP contribution in [0.25, 0.3) is 22.0 Å². The van der Waals surface area contributed by atoms with Crippen LogP contribution in [0.15, 0.2) is 36.4 Å². The third kappa shape index (κ3) is 3.95. The summed E-state index contributed by atoms with van der Waals surface area (Å²) in [6.07, 6.45) is 1.85. The molecule has 1 saturated heterocycles. The van der Waals surface area contributed by atoms with Crippen molar-refractivity contribution in [3.8, 4) is 16.9 Å². The Morgan fingerprint density at radius 3 is 2.89 bits per heavy atom. The van der Waals surface area contributed by atoms with E-state index in [0.717, 1.165) is 30.3 Å². The summed E-state index contributed by atoms with van der Waals surface area (Å²) < 4.78 is 19.5. The molecular weight excluding hydrogens is 383 g/mol. The highest BCUT2D eigenvalue weighted by Gasteiger charge is 2.22. The fourth-order valence-electron chi connectivity index (χ4n) is 3.42. The first-order valence-electron chi connectivity index (χ1n) is 8.99. The SMILES string of the molecule is COc1ccc(F)c(-c2ccc3[nH]nc(NC(=O)[C@@H]4CCCNC4)c3c2)c1.Cl. The molecule has 3 aromatic rings. The van der Waals surface area contributed by atoms with Crippen LogP contribution in [0.4, 0.5) is 10.2 Å². The number of amides is 1. The number of rotatable bonds is 4. The molecule has 0 spiro atoms. The average Bonchev–Trinajstić information content (AvgIpc) is 3.11. The summed E-state index contributed by atoms with van der Waals surface area (Å²) in [5.74, 6) is 0.596. The first-order chi connectivity index (χ1) is 13.2. The first-order valence-corrected chi connectivity index (χ1v) is 8.99. The van der Waals surface area contributed by atoms with Gasteiger partial charge in [-0.05, 0) is 55.3 Å². The molecule has 3 N–H and O–H groups in total. The lowest BCUT2D eigenvalue weighted by Crippen LogP contribution is -2.37. The second-order valence-corrected chi connectivity index (χ2v) is 6.71. The fraction of sp³-hybridized carbons (Fsp3) is 0.300. The summed E-state index contributed by atoms with van der Waals surface area (Å²) in [4.78, 5) is 12.5. The van der Waals surface area contributed by atoms with Crippen molar-refractivity contribution in [2.75, 3.05) is 25.5 Å². The monoisotopic (exact) mass is 404 g/mol. The lowest BCUT2D eigenvalue weighted by Gasteiger charge is -2.21. The molecule has 148 valence electrons.